The number of ether oxygens (including phenoxy) is 10. The van der Waals surface area contributed by atoms with Crippen LogP contribution in [0.25, 0.3) is 0 Å². The number of ketones is 2. The molecule has 38 nitrogen and oxygen atoms in total. The van der Waals surface area contributed by atoms with Gasteiger partial charge in [-0.25, -0.2) is 18.4 Å². The number of halogens is 2. The van der Waals surface area contributed by atoms with Crippen LogP contribution in [0.5, 0.6) is 5.75 Å². The number of primary amides is 1. The van der Waals surface area contributed by atoms with Gasteiger partial charge in [0.25, 0.3) is 0 Å². The van der Waals surface area contributed by atoms with Crippen LogP contribution in [-0.2, 0) is 92.4 Å². The molecule has 5 aliphatic carbocycles. The molecule has 4 aliphatic heterocycles. The lowest BCUT2D eigenvalue weighted by Crippen LogP contribution is -2.71. The van der Waals surface area contributed by atoms with Crippen molar-refractivity contribution in [1.82, 2.24) is 47.5 Å². The Bertz CT molecular complexity index is 4530. The average molecular weight is 1930 g/mol. The first-order valence-corrected chi connectivity index (χ1v) is 48.8. The standard InChI is InChI=1S/C97H144F2N12O26/c1-9-12-35-93(6,36-13-10-2)67-52-79(118)110(89(67)125)40-42-129-44-46-131-48-47-130-45-43-128-41-34-77(116)105-69(21-17-18-38-101-78(117)57-133-72-24-16-14-15-23-71-82(72)108-109-111(71)90-85(121)84(120)83(119)73(54-112)135-90)87(123)107-81(58(4)5)88(124)106-70(22-19-39-102-91(100)126)86(122)103-60-27-25-59(26-28-60)55-134-92(127)104-61-29-31-63(32-30-61)132-56-75(115)97-76(136-80(137-97)20-11-3)51-64-65-50-68(98)66-49-62(113)33-37-94(66,7)96(65,99)74(114)53-95(64,97)8/h25-33,37,49,58,64-65,67-70,72-74,76,80-81,83-85,90,108-109,112,114,119-121H,9-24,34-36,38-48,50-57H2,1-8H3,(H,101,117)(H,103,122)(H,104,127)(H,105,116)(H,106,124)(H,107,123)(H3,100,102,126)/t64-,65-,67?,68-,69+,70-,72?,73+,74-,76+,80?,81-,83-,84-,85+,90+,94-,95-,96-,97+/m0/s1. The van der Waals surface area contributed by atoms with Crippen LogP contribution in [0.4, 0.5) is 29.7 Å². The van der Waals surface area contributed by atoms with E-state index in [-0.39, 0.29) is 184 Å². The van der Waals surface area contributed by atoms with Crippen molar-refractivity contribution in [3.05, 3.63) is 89.3 Å². The first-order valence-electron chi connectivity index (χ1n) is 48.8. The number of carbonyl (C=O) groups excluding carboxylic acids is 11. The van der Waals surface area contributed by atoms with Crippen molar-refractivity contribution in [2.75, 3.05) is 103 Å². The van der Waals surface area contributed by atoms with Gasteiger partial charge in [0.05, 0.1) is 95.5 Å². The van der Waals surface area contributed by atoms with Gasteiger partial charge in [0, 0.05) is 54.1 Å². The summed E-state index contributed by atoms with van der Waals surface area (Å²) in [7, 11) is 0. The Kier molecular flexibility index (Phi) is 39.6. The van der Waals surface area contributed by atoms with Crippen molar-refractivity contribution >= 4 is 76.4 Å². The Hall–Kier alpha value is -9.27. The Labute approximate surface area is 798 Å². The van der Waals surface area contributed by atoms with Crippen LogP contribution >= 0.6 is 0 Å². The maximum atomic E-state index is 18.1. The maximum Gasteiger partial charge on any atom is 0.411 e. The number of fused-ring (bicyclic) bond motifs is 7. The highest BCUT2D eigenvalue weighted by Gasteiger charge is 2.80. The molecular formula is C97H144F2N12O26. The van der Waals surface area contributed by atoms with Crippen molar-refractivity contribution in [3.8, 4) is 5.75 Å². The van der Waals surface area contributed by atoms with Gasteiger partial charge in [-0.2, -0.15) is 0 Å². The number of nitrogens with one attached hydrogen (secondary N) is 9. The summed E-state index contributed by atoms with van der Waals surface area (Å²) in [6, 6.07) is 7.80. The van der Waals surface area contributed by atoms with Crippen molar-refractivity contribution < 1.29 is 134 Å². The van der Waals surface area contributed by atoms with Crippen LogP contribution in [0, 0.1) is 39.9 Å². The average Bonchev–Trinajstić information content (AvgIpc) is 1.50. The number of nitrogens with two attached hydrogens (primary N) is 1. The predicted octanol–water partition coefficient (Wildman–Crippen LogP) is 6.28. The fourth-order valence-corrected chi connectivity index (χ4v) is 21.0. The molecule has 6 fully saturated rings. The van der Waals surface area contributed by atoms with Gasteiger partial charge in [-0.15, -0.1) is 5.53 Å². The van der Waals surface area contributed by atoms with Crippen LogP contribution in [-0.4, -0.2) is 284 Å². The van der Waals surface area contributed by atoms with Gasteiger partial charge in [0.15, 0.2) is 29.6 Å². The Morgan fingerprint density at radius 2 is 1.36 bits per heavy atom. The molecule has 0 bridgehead atoms. The van der Waals surface area contributed by atoms with E-state index in [0.717, 1.165) is 63.9 Å². The monoisotopic (exact) mass is 1930 g/mol. The first kappa shape index (κ1) is 108. The van der Waals surface area contributed by atoms with Crippen molar-refractivity contribution in [2.45, 2.75) is 300 Å². The van der Waals surface area contributed by atoms with E-state index >= 15 is 8.78 Å². The summed E-state index contributed by atoms with van der Waals surface area (Å²) in [5.74, 6) is -6.83. The lowest BCUT2D eigenvalue weighted by molar-refractivity contribution is -0.266. The number of urea groups is 1. The number of nitrogens with zero attached hydrogens (tertiary/aromatic N) is 2. The van der Waals surface area contributed by atoms with E-state index in [2.05, 4.69) is 68.9 Å². The second-order valence-electron chi connectivity index (χ2n) is 38.4. The molecule has 3 saturated heterocycles. The van der Waals surface area contributed by atoms with E-state index in [4.69, 9.17) is 53.1 Å². The van der Waals surface area contributed by atoms with E-state index in [1.807, 2.05) is 6.92 Å². The summed E-state index contributed by atoms with van der Waals surface area (Å²) >= 11 is 0. The zero-order valence-corrected chi connectivity index (χ0v) is 80.1. The van der Waals surface area contributed by atoms with Crippen LogP contribution < -0.4 is 58.6 Å². The number of amides is 10. The third-order valence-electron chi connectivity index (χ3n) is 28.7. The molecule has 40 heteroatoms. The number of hydrazine groups is 2. The fraction of sp³-hybridized carbons (Fsp3) is 0.701. The molecule has 0 radical (unpaired) electrons. The number of imide groups is 1. The number of likely N-dealkylation sites (tertiary alicyclic amines) is 1. The van der Waals surface area contributed by atoms with Crippen LogP contribution in [0.1, 0.15) is 209 Å². The number of benzene rings is 2. The number of Topliss-reactive ketones (excluding diaryl/α,β-unsaturated/α-hetero) is 1. The van der Waals surface area contributed by atoms with Gasteiger partial charge in [0.2, 0.25) is 47.1 Å². The number of allylic oxidation sites excluding steroid dienone is 5. The molecule has 3 unspecified atom stereocenters. The zero-order chi connectivity index (χ0) is 98.9. The highest BCUT2D eigenvalue weighted by atomic mass is 19.1. The summed E-state index contributed by atoms with van der Waals surface area (Å²) in [5, 5.41) is 74.5. The van der Waals surface area contributed by atoms with Gasteiger partial charge < -0.3 is 116 Å². The van der Waals surface area contributed by atoms with Gasteiger partial charge in [-0.05, 0) is 174 Å². The highest BCUT2D eigenvalue weighted by molar-refractivity contribution is 6.04. The van der Waals surface area contributed by atoms with Gasteiger partial charge >= 0.3 is 12.1 Å². The number of carbonyl (C=O) groups is 11. The maximum absolute atomic E-state index is 18.1. The molecule has 4 heterocycles. The molecule has 137 heavy (non-hydrogen) atoms. The SMILES string of the molecule is CCCCC(C)(CCCC)C1CC(=O)N(CCOCCOCCOCCOCCC(=O)N[C@H](CCCCNC(=O)COC2CCCCCC3=C2NNN3[C@@H]2O[C@H](CO)[C@H](O)[C@H](O)[C@H]2O)C(=O)N[C@H](C(=O)N[C@@H](CCCNC(N)=O)C(=O)Nc2ccc(COC(=O)Nc3ccc(OCC(=O)[C@@]45OC(CCC)O[C@@H]4C[C@H]4[C@@H]6C[C@H](F)C7=CC(=O)C=C[C@]7(C)[C@@]6(F)[C@@H](O)C[C@@]45C)cc3)cc2)C(C)C)C1=O. The third-order valence-corrected chi connectivity index (χ3v) is 28.7. The molecule has 2 aromatic carbocycles. The topological polar surface area (TPSA) is 522 Å². The fourth-order valence-electron chi connectivity index (χ4n) is 21.0. The minimum atomic E-state index is -2.38. The minimum absolute atomic E-state index is 0.0114. The van der Waals surface area contributed by atoms with Crippen LogP contribution in [0.15, 0.2) is 83.7 Å². The Morgan fingerprint density at radius 3 is 2.04 bits per heavy atom. The highest BCUT2D eigenvalue weighted by Crippen LogP contribution is 2.72. The quantitative estimate of drug-likeness (QED) is 0.0256. The number of anilines is 2. The van der Waals surface area contributed by atoms with Crippen LogP contribution in [0.3, 0.4) is 0 Å². The lowest BCUT2D eigenvalue weighted by Gasteiger charge is -2.63. The summed E-state index contributed by atoms with van der Waals surface area (Å²) in [4.78, 5) is 151. The van der Waals surface area contributed by atoms with Crippen molar-refractivity contribution in [1.29, 1.82) is 0 Å². The molecule has 3 saturated carbocycles. The predicted molar refractivity (Wildman–Crippen MR) is 493 cm³/mol. The van der Waals surface area contributed by atoms with E-state index < -0.39 is 186 Å². The summed E-state index contributed by atoms with van der Waals surface area (Å²) in [6.07, 6.45) is 0.932. The number of unbranched alkanes of at least 4 members (excludes halogenated alkanes) is 3. The molecular weight excluding hydrogens is 1790 g/mol. The van der Waals surface area contributed by atoms with E-state index in [0.29, 0.717) is 54.7 Å². The molecule has 20 atom stereocenters. The smallest absolute Gasteiger partial charge is 0.411 e. The van der Waals surface area contributed by atoms with E-state index in [1.54, 1.807) is 45.0 Å². The normalized spacial score (nSPS) is 28.5. The molecule has 10 amide bonds. The van der Waals surface area contributed by atoms with E-state index in [9.17, 15) is 78.3 Å². The van der Waals surface area contributed by atoms with Gasteiger partial charge in [-0.3, -0.25) is 58.4 Å². The number of aliphatic hydroxyl groups is 5. The summed E-state index contributed by atoms with van der Waals surface area (Å²) < 4.78 is 93.9. The Morgan fingerprint density at radius 1 is 0.708 bits per heavy atom. The number of hydrogen-bond acceptors (Lipinski definition) is 29. The Balaban J connectivity index is 0.645. The molecule has 0 spiro atoms. The minimum Gasteiger partial charge on any atom is -0.486 e. The molecule has 9 aliphatic rings. The van der Waals surface area contributed by atoms with Gasteiger partial charge in [-0.1, -0.05) is 112 Å². The first-order chi connectivity index (χ1) is 65.6. The molecule has 11 rings (SSSR count). The van der Waals surface area contributed by atoms with Gasteiger partial charge in [0.1, 0.15) is 80.4 Å². The van der Waals surface area contributed by atoms with Crippen LogP contribution in [0.2, 0.25) is 0 Å². The summed E-state index contributed by atoms with van der Waals surface area (Å²) in [5.41, 5.74) is 6.55. The lowest BCUT2D eigenvalue weighted by atomic mass is 9.44. The molecule has 2 aromatic rings. The summed E-state index contributed by atoms with van der Waals surface area (Å²) in [6.45, 7) is 15.0. The zero-order valence-electron chi connectivity index (χ0n) is 80.1. The largest absolute Gasteiger partial charge is 0.486 e. The number of rotatable bonds is 53. The molecule has 16 N–H and O–H groups in total. The van der Waals surface area contributed by atoms with E-state index in [1.165, 1.54) is 53.3 Å². The third kappa shape index (κ3) is 26.3. The second kappa shape index (κ2) is 50.2. The number of alkyl halides is 2. The number of aliphatic hydroxyl groups excluding tert-OH is 5. The second-order valence-corrected chi connectivity index (χ2v) is 38.4. The van der Waals surface area contributed by atoms with Crippen molar-refractivity contribution in [3.63, 3.8) is 0 Å². The molecule has 0 aromatic heterocycles. The molecule has 762 valence electrons. The van der Waals surface area contributed by atoms with Crippen molar-refractivity contribution in [2.24, 2.45) is 45.7 Å². The number of hydrogen-bond donors (Lipinski definition) is 15.